The Balaban J connectivity index is 2.37. The van der Waals surface area contributed by atoms with Crippen molar-refractivity contribution in [1.29, 1.82) is 0 Å². The molecule has 0 amide bonds. The van der Waals surface area contributed by atoms with E-state index < -0.39 is 10.0 Å². The van der Waals surface area contributed by atoms with E-state index in [1.807, 2.05) is 0 Å². The molecule has 2 rings (SSSR count). The van der Waals surface area contributed by atoms with Crippen LogP contribution in [0.5, 0.6) is 0 Å². The van der Waals surface area contributed by atoms with Crippen LogP contribution >= 0.6 is 27.5 Å². The summed E-state index contributed by atoms with van der Waals surface area (Å²) >= 11 is 8.98. The van der Waals surface area contributed by atoms with Gasteiger partial charge in [-0.25, -0.2) is 17.8 Å². The van der Waals surface area contributed by atoms with Gasteiger partial charge < -0.3 is 0 Å². The molecule has 0 unspecified atom stereocenters. The lowest BCUT2D eigenvalue weighted by Crippen LogP contribution is -2.16. The first-order valence-corrected chi connectivity index (χ1v) is 7.37. The van der Waals surface area contributed by atoms with Gasteiger partial charge in [0.15, 0.2) is 0 Å². The molecule has 1 aromatic heterocycles. The highest BCUT2D eigenvalue weighted by molar-refractivity contribution is 9.10. The molecule has 18 heavy (non-hydrogen) atoms. The van der Waals surface area contributed by atoms with E-state index in [2.05, 4.69) is 30.7 Å². The number of hydrogen-bond donors (Lipinski definition) is 1. The molecule has 0 radical (unpaired) electrons. The van der Waals surface area contributed by atoms with E-state index in [-0.39, 0.29) is 10.8 Å². The number of aryl methyl sites for hydroxylation is 1. The normalized spacial score (nSPS) is 11.5. The van der Waals surface area contributed by atoms with Crippen molar-refractivity contribution in [2.75, 3.05) is 4.72 Å². The Hall–Kier alpha value is -1.12. The van der Waals surface area contributed by atoms with Crippen LogP contribution in [0.1, 0.15) is 0 Å². The van der Waals surface area contributed by atoms with E-state index in [4.69, 9.17) is 11.6 Å². The summed E-state index contributed by atoms with van der Waals surface area (Å²) in [4.78, 5) is 3.88. The zero-order chi connectivity index (χ0) is 13.3. The van der Waals surface area contributed by atoms with Crippen molar-refractivity contribution in [3.05, 3.63) is 34.0 Å². The van der Waals surface area contributed by atoms with Gasteiger partial charge in [-0.15, -0.1) is 0 Å². The SMILES string of the molecule is Cn1ncnc1NS(=O)(=O)c1ccc(Cl)c(Br)c1. The standard InChI is InChI=1S/C9H8BrClN4O2S/c1-15-9(12-5-13-15)14-18(16,17)6-2-3-8(11)7(10)4-6/h2-5H,1H3,(H,12,13,14). The topological polar surface area (TPSA) is 76.9 Å². The van der Waals surface area contributed by atoms with Gasteiger partial charge in [-0.1, -0.05) is 11.6 Å². The monoisotopic (exact) mass is 350 g/mol. The summed E-state index contributed by atoms with van der Waals surface area (Å²) in [7, 11) is -2.12. The van der Waals surface area contributed by atoms with Crippen LogP contribution in [0.3, 0.4) is 0 Å². The van der Waals surface area contributed by atoms with Crippen LogP contribution in [-0.2, 0) is 17.1 Å². The third-order valence-corrected chi connectivity index (χ3v) is 4.68. The average molecular weight is 352 g/mol. The fourth-order valence-corrected chi connectivity index (χ4v) is 2.92. The first kappa shape index (κ1) is 13.3. The van der Waals surface area contributed by atoms with Gasteiger partial charge in [0.2, 0.25) is 5.95 Å². The van der Waals surface area contributed by atoms with Crippen LogP contribution < -0.4 is 4.72 Å². The van der Waals surface area contributed by atoms with Crippen molar-refractivity contribution >= 4 is 43.5 Å². The minimum absolute atomic E-state index is 0.0850. The third-order valence-electron chi connectivity index (χ3n) is 2.14. The molecule has 0 saturated carbocycles. The lowest BCUT2D eigenvalue weighted by atomic mass is 10.4. The molecule has 1 aromatic carbocycles. The lowest BCUT2D eigenvalue weighted by molar-refractivity contribution is 0.600. The zero-order valence-corrected chi connectivity index (χ0v) is 12.3. The summed E-state index contributed by atoms with van der Waals surface area (Å²) in [5, 5.41) is 4.21. The van der Waals surface area contributed by atoms with Crippen LogP contribution in [0.25, 0.3) is 0 Å². The van der Waals surface area contributed by atoms with Crippen LogP contribution in [0.15, 0.2) is 33.9 Å². The van der Waals surface area contributed by atoms with Gasteiger partial charge >= 0.3 is 0 Å². The predicted molar refractivity (Wildman–Crippen MR) is 71.0 cm³/mol. The molecule has 0 saturated heterocycles. The highest BCUT2D eigenvalue weighted by Crippen LogP contribution is 2.26. The van der Waals surface area contributed by atoms with Crippen molar-refractivity contribution in [3.8, 4) is 0 Å². The smallest absolute Gasteiger partial charge is 0.247 e. The molecule has 96 valence electrons. The molecule has 0 aliphatic heterocycles. The van der Waals surface area contributed by atoms with Gasteiger partial charge in [0.05, 0.1) is 9.92 Å². The summed E-state index contributed by atoms with van der Waals surface area (Å²) < 4.78 is 28.3. The molecule has 0 bridgehead atoms. The summed E-state index contributed by atoms with van der Waals surface area (Å²) in [6.07, 6.45) is 1.26. The van der Waals surface area contributed by atoms with Crippen molar-refractivity contribution in [1.82, 2.24) is 14.8 Å². The van der Waals surface area contributed by atoms with E-state index in [1.165, 1.54) is 29.2 Å². The highest BCUT2D eigenvalue weighted by Gasteiger charge is 2.17. The minimum atomic E-state index is -3.71. The molecule has 9 heteroatoms. The first-order chi connectivity index (χ1) is 8.40. The Bertz CT molecular complexity index is 686. The zero-order valence-electron chi connectivity index (χ0n) is 9.13. The number of sulfonamides is 1. The Morgan fingerprint density at radius 2 is 2.17 bits per heavy atom. The maximum atomic E-state index is 12.1. The fourth-order valence-electron chi connectivity index (χ4n) is 1.21. The number of nitrogens with zero attached hydrogens (tertiary/aromatic N) is 3. The van der Waals surface area contributed by atoms with Crippen molar-refractivity contribution in [3.63, 3.8) is 0 Å². The largest absolute Gasteiger partial charge is 0.264 e. The van der Waals surface area contributed by atoms with Crippen LogP contribution in [0, 0.1) is 0 Å². The van der Waals surface area contributed by atoms with Crippen LogP contribution in [0.2, 0.25) is 5.02 Å². The van der Waals surface area contributed by atoms with Crippen LogP contribution in [-0.4, -0.2) is 23.2 Å². The van der Waals surface area contributed by atoms with E-state index in [1.54, 1.807) is 7.05 Å². The molecule has 2 aromatic rings. The van der Waals surface area contributed by atoms with Gasteiger partial charge in [0, 0.05) is 11.5 Å². The van der Waals surface area contributed by atoms with Crippen molar-refractivity contribution < 1.29 is 8.42 Å². The van der Waals surface area contributed by atoms with Gasteiger partial charge in [-0.3, -0.25) is 0 Å². The van der Waals surface area contributed by atoms with Gasteiger partial charge in [-0.2, -0.15) is 10.1 Å². The predicted octanol–water partition coefficient (Wildman–Crippen LogP) is 2.03. The fraction of sp³-hybridized carbons (Fsp3) is 0.111. The molecule has 0 fully saturated rings. The van der Waals surface area contributed by atoms with E-state index in [0.29, 0.717) is 9.50 Å². The quantitative estimate of drug-likeness (QED) is 0.918. The molecule has 0 aliphatic carbocycles. The molecule has 1 N–H and O–H groups in total. The van der Waals surface area contributed by atoms with Crippen molar-refractivity contribution in [2.45, 2.75) is 4.90 Å². The number of benzene rings is 1. The number of halogens is 2. The number of anilines is 1. The second kappa shape index (κ2) is 4.87. The van der Waals surface area contributed by atoms with Crippen LogP contribution in [0.4, 0.5) is 5.95 Å². The van der Waals surface area contributed by atoms with E-state index in [9.17, 15) is 8.42 Å². The van der Waals surface area contributed by atoms with E-state index in [0.717, 1.165) is 0 Å². The minimum Gasteiger partial charge on any atom is -0.247 e. The van der Waals surface area contributed by atoms with Gasteiger partial charge in [0.25, 0.3) is 10.0 Å². The first-order valence-electron chi connectivity index (χ1n) is 4.72. The number of hydrogen-bond acceptors (Lipinski definition) is 4. The molecule has 0 aliphatic rings. The Morgan fingerprint density at radius 3 is 2.72 bits per heavy atom. The lowest BCUT2D eigenvalue weighted by Gasteiger charge is -2.07. The van der Waals surface area contributed by atoms with Gasteiger partial charge in [-0.05, 0) is 34.1 Å². The molecule has 0 spiro atoms. The summed E-state index contributed by atoms with van der Waals surface area (Å²) in [6.45, 7) is 0. The molecular weight excluding hydrogens is 344 g/mol. The second-order valence-electron chi connectivity index (χ2n) is 3.39. The Labute approximate surface area is 117 Å². The maximum absolute atomic E-state index is 12.1. The van der Waals surface area contributed by atoms with Crippen molar-refractivity contribution in [2.24, 2.45) is 7.05 Å². The summed E-state index contributed by atoms with van der Waals surface area (Å²) in [5.74, 6) is 0.140. The number of aromatic nitrogens is 3. The number of nitrogens with one attached hydrogen (secondary N) is 1. The molecular formula is C9H8BrClN4O2S. The van der Waals surface area contributed by atoms with E-state index >= 15 is 0 Å². The summed E-state index contributed by atoms with van der Waals surface area (Å²) in [6, 6.07) is 4.32. The Kier molecular flexibility index (Phi) is 3.60. The molecule has 1 heterocycles. The average Bonchev–Trinajstić information content (AvgIpc) is 2.67. The molecule has 6 nitrogen and oxygen atoms in total. The Morgan fingerprint density at radius 1 is 1.44 bits per heavy atom. The van der Waals surface area contributed by atoms with Gasteiger partial charge in [0.1, 0.15) is 6.33 Å². The third kappa shape index (κ3) is 2.65. The highest BCUT2D eigenvalue weighted by atomic mass is 79.9. The summed E-state index contributed by atoms with van der Waals surface area (Å²) in [5.41, 5.74) is 0. The maximum Gasteiger partial charge on any atom is 0.264 e. The second-order valence-corrected chi connectivity index (χ2v) is 6.33. The molecule has 0 atom stereocenters. The number of rotatable bonds is 3.